The van der Waals surface area contributed by atoms with Crippen molar-refractivity contribution in [2.45, 2.75) is 32.6 Å². The molecule has 2 atom stereocenters. The minimum Gasteiger partial charge on any atom is -0.354 e. The summed E-state index contributed by atoms with van der Waals surface area (Å²) in [5.74, 6) is 2.25. The first-order chi connectivity index (χ1) is 7.75. The Kier molecular flexibility index (Phi) is 3.99. The Bertz CT molecular complexity index is 326. The fraction of sp³-hybridized carbons (Fsp3) is 0.667. The molecule has 3 nitrogen and oxygen atoms in total. The van der Waals surface area contributed by atoms with Gasteiger partial charge in [-0.15, -0.1) is 0 Å². The third kappa shape index (κ3) is 3.08. The highest BCUT2D eigenvalue weighted by molar-refractivity contribution is 6.30. The van der Waals surface area contributed by atoms with Crippen molar-refractivity contribution in [1.82, 2.24) is 9.97 Å². The zero-order valence-electron chi connectivity index (χ0n) is 9.62. The van der Waals surface area contributed by atoms with Gasteiger partial charge in [-0.25, -0.2) is 9.97 Å². The van der Waals surface area contributed by atoms with Gasteiger partial charge in [-0.3, -0.25) is 0 Å². The maximum atomic E-state index is 5.73. The molecular formula is C12H18ClN3. The fourth-order valence-corrected chi connectivity index (χ4v) is 2.42. The molecule has 2 unspecified atom stereocenters. The van der Waals surface area contributed by atoms with Crippen LogP contribution >= 0.6 is 11.6 Å². The molecule has 0 aliphatic heterocycles. The molecule has 88 valence electrons. The van der Waals surface area contributed by atoms with E-state index in [4.69, 9.17) is 11.6 Å². The van der Waals surface area contributed by atoms with Gasteiger partial charge in [0.2, 0.25) is 5.95 Å². The standard InChI is InChI=1S/C12H18ClN3/c1-9-4-2-3-5-10(9)6-14-12-15-7-11(13)8-16-12/h7-10H,2-6H2,1H3,(H,14,15,16). The van der Waals surface area contributed by atoms with Crippen molar-refractivity contribution in [3.63, 3.8) is 0 Å². The minimum atomic E-state index is 0.580. The normalized spacial score (nSPS) is 25.4. The summed E-state index contributed by atoms with van der Waals surface area (Å²) >= 11 is 5.73. The Morgan fingerprint density at radius 1 is 1.31 bits per heavy atom. The van der Waals surface area contributed by atoms with Crippen LogP contribution in [-0.4, -0.2) is 16.5 Å². The molecule has 0 saturated heterocycles. The van der Waals surface area contributed by atoms with Gasteiger partial charge in [-0.05, 0) is 18.3 Å². The van der Waals surface area contributed by atoms with Crippen molar-refractivity contribution >= 4 is 17.5 Å². The van der Waals surface area contributed by atoms with Crippen LogP contribution < -0.4 is 5.32 Å². The van der Waals surface area contributed by atoms with E-state index in [9.17, 15) is 0 Å². The van der Waals surface area contributed by atoms with E-state index in [1.54, 1.807) is 12.4 Å². The monoisotopic (exact) mass is 239 g/mol. The zero-order chi connectivity index (χ0) is 11.4. The van der Waals surface area contributed by atoms with Gasteiger partial charge in [-0.2, -0.15) is 0 Å². The van der Waals surface area contributed by atoms with E-state index < -0.39 is 0 Å². The molecule has 1 fully saturated rings. The Hall–Kier alpha value is -0.830. The van der Waals surface area contributed by atoms with Crippen molar-refractivity contribution in [1.29, 1.82) is 0 Å². The van der Waals surface area contributed by atoms with Crippen LogP contribution in [0.2, 0.25) is 5.02 Å². The van der Waals surface area contributed by atoms with Crippen LogP contribution in [0.5, 0.6) is 0 Å². The van der Waals surface area contributed by atoms with Crippen LogP contribution in [0.4, 0.5) is 5.95 Å². The Balaban J connectivity index is 1.84. The summed E-state index contributed by atoms with van der Waals surface area (Å²) in [5, 5.41) is 3.87. The van der Waals surface area contributed by atoms with E-state index in [-0.39, 0.29) is 0 Å². The number of anilines is 1. The van der Waals surface area contributed by atoms with Crippen LogP contribution in [0.3, 0.4) is 0 Å². The van der Waals surface area contributed by atoms with Crippen LogP contribution in [0.15, 0.2) is 12.4 Å². The number of nitrogens with zero attached hydrogens (tertiary/aromatic N) is 2. The van der Waals surface area contributed by atoms with Crippen LogP contribution in [-0.2, 0) is 0 Å². The average molecular weight is 240 g/mol. The molecule has 0 radical (unpaired) electrons. The molecule has 0 amide bonds. The first kappa shape index (κ1) is 11.6. The average Bonchev–Trinajstić information content (AvgIpc) is 2.30. The van der Waals surface area contributed by atoms with Crippen LogP contribution in [0.25, 0.3) is 0 Å². The van der Waals surface area contributed by atoms with Gasteiger partial charge in [0.15, 0.2) is 0 Å². The fourth-order valence-electron chi connectivity index (χ4n) is 2.32. The molecule has 2 rings (SSSR count). The summed E-state index contributed by atoms with van der Waals surface area (Å²) in [6, 6.07) is 0. The quantitative estimate of drug-likeness (QED) is 0.879. The zero-order valence-corrected chi connectivity index (χ0v) is 10.4. The molecule has 1 aromatic heterocycles. The number of nitrogens with one attached hydrogen (secondary N) is 1. The number of hydrogen-bond acceptors (Lipinski definition) is 3. The van der Waals surface area contributed by atoms with Gasteiger partial charge in [0.1, 0.15) is 0 Å². The lowest BCUT2D eigenvalue weighted by molar-refractivity contribution is 0.268. The van der Waals surface area contributed by atoms with E-state index >= 15 is 0 Å². The third-order valence-corrected chi connectivity index (χ3v) is 3.63. The van der Waals surface area contributed by atoms with Gasteiger partial charge in [-0.1, -0.05) is 37.8 Å². The third-order valence-electron chi connectivity index (χ3n) is 3.43. The highest BCUT2D eigenvalue weighted by Gasteiger charge is 2.20. The van der Waals surface area contributed by atoms with Crippen LogP contribution in [0, 0.1) is 11.8 Å². The Morgan fingerprint density at radius 3 is 2.69 bits per heavy atom. The molecule has 1 heterocycles. The van der Waals surface area contributed by atoms with E-state index in [1.807, 2.05) is 0 Å². The van der Waals surface area contributed by atoms with Crippen molar-refractivity contribution in [2.24, 2.45) is 11.8 Å². The summed E-state index contributed by atoms with van der Waals surface area (Å²) in [4.78, 5) is 8.27. The van der Waals surface area contributed by atoms with Crippen molar-refractivity contribution in [2.75, 3.05) is 11.9 Å². The molecular weight excluding hydrogens is 222 g/mol. The second kappa shape index (κ2) is 5.48. The van der Waals surface area contributed by atoms with Crippen LogP contribution in [0.1, 0.15) is 32.6 Å². The van der Waals surface area contributed by atoms with Crippen molar-refractivity contribution < 1.29 is 0 Å². The lowest BCUT2D eigenvalue weighted by atomic mass is 9.80. The predicted octanol–water partition coefficient (Wildman–Crippen LogP) is 3.37. The number of rotatable bonds is 3. The van der Waals surface area contributed by atoms with E-state index in [2.05, 4.69) is 22.2 Å². The summed E-state index contributed by atoms with van der Waals surface area (Å²) in [6.45, 7) is 3.32. The lowest BCUT2D eigenvalue weighted by Crippen LogP contribution is -2.24. The van der Waals surface area contributed by atoms with E-state index in [0.29, 0.717) is 11.0 Å². The maximum Gasteiger partial charge on any atom is 0.222 e. The molecule has 0 bridgehead atoms. The first-order valence-corrected chi connectivity index (χ1v) is 6.35. The van der Waals surface area contributed by atoms with Gasteiger partial charge >= 0.3 is 0 Å². The SMILES string of the molecule is CC1CCCCC1CNc1ncc(Cl)cn1. The molecule has 0 aromatic carbocycles. The lowest BCUT2D eigenvalue weighted by Gasteiger charge is -2.28. The van der Waals surface area contributed by atoms with Crippen molar-refractivity contribution in [3.8, 4) is 0 Å². The van der Waals surface area contributed by atoms with E-state index in [0.717, 1.165) is 18.4 Å². The second-order valence-corrected chi connectivity index (χ2v) is 5.06. The molecule has 16 heavy (non-hydrogen) atoms. The van der Waals surface area contributed by atoms with Gasteiger partial charge < -0.3 is 5.32 Å². The first-order valence-electron chi connectivity index (χ1n) is 5.97. The second-order valence-electron chi connectivity index (χ2n) is 4.63. The number of halogens is 1. The molecule has 0 spiro atoms. The minimum absolute atomic E-state index is 0.580. The highest BCUT2D eigenvalue weighted by Crippen LogP contribution is 2.29. The number of hydrogen-bond donors (Lipinski definition) is 1. The van der Waals surface area contributed by atoms with Gasteiger partial charge in [0.25, 0.3) is 0 Å². The molecule has 1 aliphatic rings. The Labute approximate surface area is 102 Å². The molecule has 4 heteroatoms. The van der Waals surface area contributed by atoms with Gasteiger partial charge in [0.05, 0.1) is 17.4 Å². The maximum absolute atomic E-state index is 5.73. The largest absolute Gasteiger partial charge is 0.354 e. The molecule has 1 saturated carbocycles. The summed E-state index contributed by atoms with van der Waals surface area (Å²) < 4.78 is 0. The smallest absolute Gasteiger partial charge is 0.222 e. The molecule has 1 N–H and O–H groups in total. The van der Waals surface area contributed by atoms with Gasteiger partial charge in [0, 0.05) is 6.54 Å². The van der Waals surface area contributed by atoms with Crippen molar-refractivity contribution in [3.05, 3.63) is 17.4 Å². The molecule has 1 aliphatic carbocycles. The Morgan fingerprint density at radius 2 is 2.00 bits per heavy atom. The summed E-state index contributed by atoms with van der Waals surface area (Å²) in [6.07, 6.45) is 8.67. The summed E-state index contributed by atoms with van der Waals surface area (Å²) in [7, 11) is 0. The topological polar surface area (TPSA) is 37.8 Å². The molecule has 1 aromatic rings. The highest BCUT2D eigenvalue weighted by atomic mass is 35.5. The van der Waals surface area contributed by atoms with E-state index in [1.165, 1.54) is 25.7 Å². The predicted molar refractivity (Wildman–Crippen MR) is 66.7 cm³/mol. The number of aromatic nitrogens is 2. The summed E-state index contributed by atoms with van der Waals surface area (Å²) in [5.41, 5.74) is 0.